The van der Waals surface area contributed by atoms with Crippen LogP contribution in [0.3, 0.4) is 0 Å². The lowest BCUT2D eigenvalue weighted by molar-refractivity contribution is -0.117. The van der Waals surface area contributed by atoms with Crippen LogP contribution in [0, 0.1) is 18.3 Å². The zero-order valence-electron chi connectivity index (χ0n) is 17.3. The Hall–Kier alpha value is -3.06. The molecule has 2 N–H and O–H groups in total. The van der Waals surface area contributed by atoms with Crippen molar-refractivity contribution in [2.45, 2.75) is 52.0 Å². The van der Waals surface area contributed by atoms with Crippen molar-refractivity contribution >= 4 is 5.91 Å². The molecule has 150 valence electrons. The van der Waals surface area contributed by atoms with E-state index in [0.29, 0.717) is 6.54 Å². The molecule has 2 aromatic rings. The van der Waals surface area contributed by atoms with Gasteiger partial charge in [0.05, 0.1) is 6.04 Å². The molecule has 0 bridgehead atoms. The van der Waals surface area contributed by atoms with Gasteiger partial charge in [0.1, 0.15) is 11.6 Å². The standard InChI is InChI=1S/C25H29N3O/c1-18-6-5-7-20(14-18)12-13-27-17-24(16-26)25(29)28-19(2)22-11-10-21-8-3-4-9-23(21)15-22/h5-7,10-11,14-15,17,19,27H,3-4,8-9,12-13H2,1-2H3,(H,28,29)/b24-17-. The van der Waals surface area contributed by atoms with Crippen molar-refractivity contribution in [3.8, 4) is 6.07 Å². The highest BCUT2D eigenvalue weighted by atomic mass is 16.1. The number of aryl methyl sites for hydroxylation is 3. The predicted molar refractivity (Wildman–Crippen MR) is 116 cm³/mol. The second-order valence-corrected chi connectivity index (χ2v) is 7.79. The van der Waals surface area contributed by atoms with Gasteiger partial charge in [-0.25, -0.2) is 0 Å². The summed E-state index contributed by atoms with van der Waals surface area (Å²) in [5, 5.41) is 15.4. The average Bonchev–Trinajstić information content (AvgIpc) is 2.73. The van der Waals surface area contributed by atoms with Gasteiger partial charge in [0.2, 0.25) is 0 Å². The van der Waals surface area contributed by atoms with Gasteiger partial charge in [0.25, 0.3) is 5.91 Å². The van der Waals surface area contributed by atoms with E-state index in [2.05, 4.69) is 54.0 Å². The van der Waals surface area contributed by atoms with Crippen LogP contribution >= 0.6 is 0 Å². The van der Waals surface area contributed by atoms with Gasteiger partial charge in [-0.2, -0.15) is 5.26 Å². The molecule has 0 aromatic heterocycles. The molecule has 29 heavy (non-hydrogen) atoms. The molecule has 4 nitrogen and oxygen atoms in total. The molecule has 0 fully saturated rings. The van der Waals surface area contributed by atoms with Crippen LogP contribution in [0.2, 0.25) is 0 Å². The zero-order chi connectivity index (χ0) is 20.6. The molecule has 0 radical (unpaired) electrons. The number of benzene rings is 2. The Bertz CT molecular complexity index is 939. The highest BCUT2D eigenvalue weighted by Gasteiger charge is 2.16. The Morgan fingerprint density at radius 2 is 1.97 bits per heavy atom. The summed E-state index contributed by atoms with van der Waals surface area (Å²) >= 11 is 0. The number of nitrogens with one attached hydrogen (secondary N) is 2. The van der Waals surface area contributed by atoms with E-state index in [1.807, 2.05) is 19.1 Å². The molecule has 0 saturated carbocycles. The third kappa shape index (κ3) is 5.71. The monoisotopic (exact) mass is 387 g/mol. The number of hydrogen-bond donors (Lipinski definition) is 2. The molecular formula is C25H29N3O. The van der Waals surface area contributed by atoms with Crippen LogP contribution in [0.25, 0.3) is 0 Å². The number of nitrogens with zero attached hydrogens (tertiary/aromatic N) is 1. The van der Waals surface area contributed by atoms with Gasteiger partial charge in [-0.1, -0.05) is 48.0 Å². The molecule has 0 saturated heterocycles. The summed E-state index contributed by atoms with van der Waals surface area (Å²) in [5.74, 6) is -0.347. The zero-order valence-corrected chi connectivity index (χ0v) is 17.3. The molecule has 1 amide bonds. The van der Waals surface area contributed by atoms with Gasteiger partial charge in [-0.3, -0.25) is 4.79 Å². The lowest BCUT2D eigenvalue weighted by Gasteiger charge is -2.20. The number of nitriles is 1. The average molecular weight is 388 g/mol. The Balaban J connectivity index is 1.54. The predicted octanol–water partition coefficient (Wildman–Crippen LogP) is 4.29. The van der Waals surface area contributed by atoms with Crippen LogP contribution in [0.5, 0.6) is 0 Å². The van der Waals surface area contributed by atoms with E-state index in [0.717, 1.165) is 24.8 Å². The fourth-order valence-electron chi connectivity index (χ4n) is 3.79. The minimum absolute atomic E-state index is 0.0963. The second kappa shape index (κ2) is 9.93. The largest absolute Gasteiger partial charge is 0.389 e. The van der Waals surface area contributed by atoms with Crippen LogP contribution in [0.15, 0.2) is 54.2 Å². The van der Waals surface area contributed by atoms with Gasteiger partial charge < -0.3 is 10.6 Å². The summed E-state index contributed by atoms with van der Waals surface area (Å²) in [7, 11) is 0. The molecule has 0 spiro atoms. The number of rotatable bonds is 7. The first-order valence-corrected chi connectivity index (χ1v) is 10.4. The third-order valence-electron chi connectivity index (χ3n) is 5.47. The molecule has 2 aromatic carbocycles. The molecule has 1 aliphatic rings. The second-order valence-electron chi connectivity index (χ2n) is 7.79. The molecule has 0 heterocycles. The normalized spacial score (nSPS) is 14.4. The first-order valence-electron chi connectivity index (χ1n) is 10.4. The maximum atomic E-state index is 12.5. The first-order chi connectivity index (χ1) is 14.1. The van der Waals surface area contributed by atoms with Crippen molar-refractivity contribution in [1.82, 2.24) is 10.6 Å². The molecule has 1 atom stereocenters. The fraction of sp³-hybridized carbons (Fsp3) is 0.360. The number of carbonyl (C=O) groups excluding carboxylic acids is 1. The van der Waals surface area contributed by atoms with Crippen LogP contribution in [0.1, 0.15) is 53.6 Å². The van der Waals surface area contributed by atoms with E-state index < -0.39 is 0 Å². The first kappa shape index (κ1) is 20.7. The van der Waals surface area contributed by atoms with E-state index in [1.165, 1.54) is 41.3 Å². The fourth-order valence-corrected chi connectivity index (χ4v) is 3.79. The number of fused-ring (bicyclic) bond motifs is 1. The van der Waals surface area contributed by atoms with Crippen LogP contribution in [0.4, 0.5) is 0 Å². The van der Waals surface area contributed by atoms with E-state index in [-0.39, 0.29) is 17.5 Å². The minimum atomic E-state index is -0.347. The topological polar surface area (TPSA) is 64.9 Å². The lowest BCUT2D eigenvalue weighted by atomic mass is 9.89. The summed E-state index contributed by atoms with van der Waals surface area (Å²) in [6, 6.07) is 16.7. The van der Waals surface area contributed by atoms with Crippen LogP contribution < -0.4 is 10.6 Å². The van der Waals surface area contributed by atoms with Crippen molar-refractivity contribution in [2.24, 2.45) is 0 Å². The Kier molecular flexibility index (Phi) is 7.08. The van der Waals surface area contributed by atoms with E-state index in [4.69, 9.17) is 0 Å². The summed E-state index contributed by atoms with van der Waals surface area (Å²) in [4.78, 5) is 12.5. The van der Waals surface area contributed by atoms with Crippen molar-refractivity contribution in [2.75, 3.05) is 6.54 Å². The van der Waals surface area contributed by atoms with Gasteiger partial charge >= 0.3 is 0 Å². The smallest absolute Gasteiger partial charge is 0.263 e. The van der Waals surface area contributed by atoms with Crippen molar-refractivity contribution < 1.29 is 4.79 Å². The Morgan fingerprint density at radius 1 is 1.17 bits per heavy atom. The van der Waals surface area contributed by atoms with Crippen molar-refractivity contribution in [1.29, 1.82) is 5.26 Å². The van der Waals surface area contributed by atoms with Gasteiger partial charge in [-0.05, 0) is 68.2 Å². The van der Waals surface area contributed by atoms with Crippen LogP contribution in [-0.4, -0.2) is 12.5 Å². The maximum Gasteiger partial charge on any atom is 0.263 e. The maximum absolute atomic E-state index is 12.5. The van der Waals surface area contributed by atoms with Gasteiger partial charge in [-0.15, -0.1) is 0 Å². The van der Waals surface area contributed by atoms with E-state index in [1.54, 1.807) is 0 Å². The van der Waals surface area contributed by atoms with Crippen molar-refractivity contribution in [3.63, 3.8) is 0 Å². The molecular weight excluding hydrogens is 358 g/mol. The van der Waals surface area contributed by atoms with Gasteiger partial charge in [0, 0.05) is 12.7 Å². The quantitative estimate of drug-likeness (QED) is 0.423. The third-order valence-corrected chi connectivity index (χ3v) is 5.47. The molecule has 4 heteroatoms. The summed E-state index contributed by atoms with van der Waals surface area (Å²) in [5.41, 5.74) is 6.46. The molecule has 0 aliphatic heterocycles. The molecule has 1 unspecified atom stereocenters. The molecule has 1 aliphatic carbocycles. The number of hydrogen-bond acceptors (Lipinski definition) is 3. The van der Waals surface area contributed by atoms with Crippen molar-refractivity contribution in [3.05, 3.63) is 82.1 Å². The van der Waals surface area contributed by atoms with E-state index >= 15 is 0 Å². The summed E-state index contributed by atoms with van der Waals surface area (Å²) < 4.78 is 0. The van der Waals surface area contributed by atoms with Gasteiger partial charge in [0.15, 0.2) is 0 Å². The summed E-state index contributed by atoms with van der Waals surface area (Å²) in [6.45, 7) is 4.70. The Morgan fingerprint density at radius 3 is 2.72 bits per heavy atom. The number of carbonyl (C=O) groups is 1. The molecule has 3 rings (SSSR count). The highest BCUT2D eigenvalue weighted by Crippen LogP contribution is 2.24. The highest BCUT2D eigenvalue weighted by molar-refractivity contribution is 5.97. The lowest BCUT2D eigenvalue weighted by Crippen LogP contribution is -2.29. The summed E-state index contributed by atoms with van der Waals surface area (Å²) in [6.07, 6.45) is 7.09. The van der Waals surface area contributed by atoms with Crippen LogP contribution in [-0.2, 0) is 24.1 Å². The SMILES string of the molecule is Cc1cccc(CCN/C=C(/C#N)C(=O)NC(C)c2ccc3c(c2)CCCC3)c1. The Labute approximate surface area is 173 Å². The minimum Gasteiger partial charge on any atom is -0.389 e. The number of amides is 1. The van der Waals surface area contributed by atoms with E-state index in [9.17, 15) is 10.1 Å².